The number of nitrogens with one attached hydrogen (secondary N) is 1. The summed E-state index contributed by atoms with van der Waals surface area (Å²) in [6.07, 6.45) is 4.99. The van der Waals surface area contributed by atoms with Crippen LogP contribution in [0.15, 0.2) is 34.1 Å². The molecular weight excluding hydrogens is 276 g/mol. The summed E-state index contributed by atoms with van der Waals surface area (Å²) in [4.78, 5) is 24.5. The Balaban J connectivity index is 1.95. The Morgan fingerprint density at radius 2 is 2.09 bits per heavy atom. The summed E-state index contributed by atoms with van der Waals surface area (Å²) >= 11 is 0. The third-order valence-corrected chi connectivity index (χ3v) is 6.01. The quantitative estimate of drug-likeness (QED) is 0.757. The van der Waals surface area contributed by atoms with Crippen LogP contribution in [0.1, 0.15) is 40.0 Å². The summed E-state index contributed by atoms with van der Waals surface area (Å²) in [5.74, 6) is 0.521. The molecule has 4 rings (SSSR count). The predicted octanol–water partition coefficient (Wildman–Crippen LogP) is 2.66. The molecular formula is C18H23N2O2+. The molecule has 0 radical (unpaired) electrons. The molecule has 1 N–H and O–H groups in total. The summed E-state index contributed by atoms with van der Waals surface area (Å²) in [7, 11) is 0. The van der Waals surface area contributed by atoms with Gasteiger partial charge in [-0.25, -0.2) is 0 Å². The highest BCUT2D eigenvalue weighted by atomic mass is 16.3. The van der Waals surface area contributed by atoms with Crippen LogP contribution in [0, 0.1) is 16.7 Å². The second-order valence-electron chi connectivity index (χ2n) is 7.22. The standard InChI is InChI=1S/C18H23N2O2/c1-9-6-15-14(10(2)20(9)22)7-12-8-19-16-5-4-13(11(3)21)18(15)17(12)16/h6,10,13-14,16,19H,4-5,7-8H2,1-3H3/q+1. The Kier molecular flexibility index (Phi) is 3.02. The van der Waals surface area contributed by atoms with Gasteiger partial charge in [0.05, 0.1) is 5.92 Å². The molecule has 4 heteroatoms. The van der Waals surface area contributed by atoms with E-state index in [4.69, 9.17) is 0 Å². The molecule has 1 fully saturated rings. The maximum absolute atomic E-state index is 12.3. The van der Waals surface area contributed by atoms with E-state index in [9.17, 15) is 9.70 Å². The van der Waals surface area contributed by atoms with Crippen molar-refractivity contribution in [3.05, 3.63) is 39.0 Å². The van der Waals surface area contributed by atoms with Crippen LogP contribution in [-0.4, -0.2) is 29.2 Å². The van der Waals surface area contributed by atoms with Gasteiger partial charge in [-0.05, 0) is 42.9 Å². The first-order valence-corrected chi connectivity index (χ1v) is 8.34. The Hall–Kier alpha value is -1.55. The topological polar surface area (TPSA) is 49.2 Å². The molecule has 0 aromatic heterocycles. The first kappa shape index (κ1) is 14.1. The fourth-order valence-corrected chi connectivity index (χ4v) is 4.89. The minimum atomic E-state index is -0.0462. The van der Waals surface area contributed by atoms with Crippen molar-refractivity contribution in [1.29, 1.82) is 0 Å². The van der Waals surface area contributed by atoms with Gasteiger partial charge in [0.2, 0.25) is 11.7 Å². The van der Waals surface area contributed by atoms with Crippen molar-refractivity contribution in [2.45, 2.75) is 52.1 Å². The molecule has 4 aliphatic rings. The Bertz CT molecular complexity index is 683. The molecule has 2 heterocycles. The average Bonchev–Trinajstić information content (AvgIpc) is 2.90. The number of ketones is 1. The van der Waals surface area contributed by atoms with Crippen LogP contribution in [0.3, 0.4) is 0 Å². The SMILES string of the molecule is CC(=O)C1CCC2NCC3=C2C1=C1C=C(C)[N+](=O)C(C)C1C3. The molecule has 0 aromatic carbocycles. The predicted molar refractivity (Wildman–Crippen MR) is 84.2 cm³/mol. The molecule has 1 saturated carbocycles. The van der Waals surface area contributed by atoms with Gasteiger partial charge in [0.1, 0.15) is 5.78 Å². The monoisotopic (exact) mass is 299 g/mol. The number of nitroso groups, excluding NO2 is 1. The number of carbonyl (C=O) groups excluding carboxylic acids is 1. The van der Waals surface area contributed by atoms with Crippen LogP contribution in [0.25, 0.3) is 0 Å². The van der Waals surface area contributed by atoms with Gasteiger partial charge < -0.3 is 5.32 Å². The van der Waals surface area contributed by atoms with Gasteiger partial charge in [-0.15, -0.1) is 0 Å². The fourth-order valence-electron chi connectivity index (χ4n) is 4.89. The third-order valence-electron chi connectivity index (χ3n) is 6.01. The Labute approximate surface area is 130 Å². The van der Waals surface area contributed by atoms with Crippen LogP contribution >= 0.6 is 0 Å². The van der Waals surface area contributed by atoms with Crippen LogP contribution in [0.4, 0.5) is 0 Å². The molecule has 0 bridgehead atoms. The molecule has 0 amide bonds. The van der Waals surface area contributed by atoms with Crippen molar-refractivity contribution >= 4 is 5.78 Å². The third kappa shape index (κ3) is 1.76. The lowest BCUT2D eigenvalue weighted by Gasteiger charge is -2.38. The highest BCUT2D eigenvalue weighted by molar-refractivity contribution is 5.84. The van der Waals surface area contributed by atoms with Crippen molar-refractivity contribution in [1.82, 2.24) is 5.32 Å². The molecule has 4 unspecified atom stereocenters. The van der Waals surface area contributed by atoms with Gasteiger partial charge in [0.25, 0.3) is 0 Å². The van der Waals surface area contributed by atoms with Gasteiger partial charge in [0.15, 0.2) is 0 Å². The molecule has 4 atom stereocenters. The highest BCUT2D eigenvalue weighted by Gasteiger charge is 2.48. The van der Waals surface area contributed by atoms with Crippen LogP contribution in [0.5, 0.6) is 0 Å². The lowest BCUT2D eigenvalue weighted by molar-refractivity contribution is -0.545. The molecule has 0 aromatic rings. The van der Waals surface area contributed by atoms with Crippen LogP contribution < -0.4 is 5.32 Å². The largest absolute Gasteiger partial charge is 0.306 e. The number of hydrogen-bond acceptors (Lipinski definition) is 3. The number of allylic oxidation sites excluding steroid dienone is 2. The van der Waals surface area contributed by atoms with E-state index >= 15 is 0 Å². The van der Waals surface area contributed by atoms with Crippen molar-refractivity contribution in [2.75, 3.05) is 6.54 Å². The van der Waals surface area contributed by atoms with Crippen LogP contribution in [-0.2, 0) is 4.79 Å². The molecule has 0 spiro atoms. The lowest BCUT2D eigenvalue weighted by Crippen LogP contribution is -2.39. The van der Waals surface area contributed by atoms with Crippen molar-refractivity contribution in [3.8, 4) is 0 Å². The summed E-state index contributed by atoms with van der Waals surface area (Å²) < 4.78 is 1.14. The molecule has 22 heavy (non-hydrogen) atoms. The van der Waals surface area contributed by atoms with E-state index in [0.717, 1.165) is 36.3 Å². The minimum Gasteiger partial charge on any atom is -0.306 e. The van der Waals surface area contributed by atoms with E-state index in [1.54, 1.807) is 6.92 Å². The summed E-state index contributed by atoms with van der Waals surface area (Å²) in [6.45, 7) is 6.54. The minimum absolute atomic E-state index is 0.0217. The van der Waals surface area contributed by atoms with Crippen molar-refractivity contribution in [2.24, 2.45) is 11.8 Å². The number of Topliss-reactive ketones (excluding diaryl/α,β-unsaturated/α-hetero) is 1. The number of carbonyl (C=O) groups is 1. The normalized spacial score (nSPS) is 37.0. The van der Waals surface area contributed by atoms with Gasteiger partial charge in [0, 0.05) is 48.1 Å². The zero-order valence-electron chi connectivity index (χ0n) is 13.5. The van der Waals surface area contributed by atoms with Gasteiger partial charge >= 0.3 is 0 Å². The maximum atomic E-state index is 12.3. The Morgan fingerprint density at radius 3 is 2.82 bits per heavy atom. The smallest absolute Gasteiger partial charge is 0.230 e. The van der Waals surface area contributed by atoms with E-state index in [2.05, 4.69) is 5.32 Å². The summed E-state index contributed by atoms with van der Waals surface area (Å²) in [5, 5.41) is 3.60. The number of hydrogen-bond donors (Lipinski definition) is 1. The van der Waals surface area contributed by atoms with Gasteiger partial charge in [-0.3, -0.25) is 4.79 Å². The second kappa shape index (κ2) is 4.72. The van der Waals surface area contributed by atoms with E-state index in [1.807, 2.05) is 19.9 Å². The zero-order chi connectivity index (χ0) is 15.6. The van der Waals surface area contributed by atoms with E-state index in [1.165, 1.54) is 22.3 Å². The summed E-state index contributed by atoms with van der Waals surface area (Å²) in [5.41, 5.74) is 6.15. The van der Waals surface area contributed by atoms with Gasteiger partial charge in [-0.2, -0.15) is 0 Å². The number of fused-ring (bicyclic) bond motifs is 1. The molecule has 0 saturated heterocycles. The highest BCUT2D eigenvalue weighted by Crippen LogP contribution is 2.50. The summed E-state index contributed by atoms with van der Waals surface area (Å²) in [6, 6.07) is 0.374. The van der Waals surface area contributed by atoms with Crippen molar-refractivity contribution < 1.29 is 9.55 Å². The van der Waals surface area contributed by atoms with E-state index in [-0.39, 0.29) is 23.7 Å². The Morgan fingerprint density at radius 1 is 1.32 bits per heavy atom. The number of rotatable bonds is 1. The van der Waals surface area contributed by atoms with E-state index in [0.29, 0.717) is 6.04 Å². The van der Waals surface area contributed by atoms with Crippen molar-refractivity contribution in [3.63, 3.8) is 0 Å². The zero-order valence-corrected chi connectivity index (χ0v) is 13.5. The molecule has 116 valence electrons. The van der Waals surface area contributed by atoms with Gasteiger partial charge in [-0.1, -0.05) is 5.57 Å². The first-order chi connectivity index (χ1) is 10.5. The average molecular weight is 299 g/mol. The molecule has 2 aliphatic heterocycles. The molecule has 4 nitrogen and oxygen atoms in total. The first-order valence-electron chi connectivity index (χ1n) is 8.34. The lowest BCUT2D eigenvalue weighted by atomic mass is 9.66. The second-order valence-corrected chi connectivity index (χ2v) is 7.22. The molecule has 2 aliphatic carbocycles. The maximum Gasteiger partial charge on any atom is 0.230 e. The van der Waals surface area contributed by atoms with E-state index < -0.39 is 0 Å². The van der Waals surface area contributed by atoms with Crippen LogP contribution in [0.2, 0.25) is 0 Å². The fraction of sp³-hybridized carbons (Fsp3) is 0.611. The number of nitrogens with zero attached hydrogens (tertiary/aromatic N) is 1.